The molecule has 0 aromatic heterocycles. The molecular weight excluding hydrogens is 252 g/mol. The molecule has 4 nitrogen and oxygen atoms in total. The number of carbonyl (C=O) groups is 1. The van der Waals surface area contributed by atoms with Gasteiger partial charge in [-0.1, -0.05) is 11.6 Å². The number of aromatic hydroxyl groups is 1. The van der Waals surface area contributed by atoms with Crippen LogP contribution in [0.4, 0.5) is 0 Å². The first-order chi connectivity index (χ1) is 8.56. The highest BCUT2D eigenvalue weighted by atomic mass is 35.5. The minimum atomic E-state index is -0.253. The number of halogens is 1. The molecule has 5 heteroatoms. The molecule has 2 rings (SSSR count). The first kappa shape index (κ1) is 13.2. The largest absolute Gasteiger partial charge is 0.508 e. The van der Waals surface area contributed by atoms with E-state index in [2.05, 4.69) is 5.32 Å². The zero-order chi connectivity index (χ0) is 13.1. The van der Waals surface area contributed by atoms with Gasteiger partial charge in [0.1, 0.15) is 5.75 Å². The number of phenolic OH excluding ortho intramolecular Hbond substituents is 1. The molecule has 0 saturated heterocycles. The van der Waals surface area contributed by atoms with Crippen LogP contribution in [-0.4, -0.2) is 23.6 Å². The molecule has 1 fully saturated rings. The summed E-state index contributed by atoms with van der Waals surface area (Å²) < 4.78 is 0. The van der Waals surface area contributed by atoms with Crippen LogP contribution in [0.2, 0.25) is 5.02 Å². The van der Waals surface area contributed by atoms with Gasteiger partial charge >= 0.3 is 0 Å². The molecule has 0 bridgehead atoms. The highest BCUT2D eigenvalue weighted by Crippen LogP contribution is 2.24. The van der Waals surface area contributed by atoms with Gasteiger partial charge in [0.15, 0.2) is 0 Å². The van der Waals surface area contributed by atoms with E-state index in [0.717, 1.165) is 19.3 Å². The molecule has 1 aromatic rings. The van der Waals surface area contributed by atoms with Crippen LogP contribution in [-0.2, 0) is 0 Å². The number of phenols is 1. The smallest absolute Gasteiger partial charge is 0.252 e. The molecule has 1 saturated carbocycles. The minimum absolute atomic E-state index is 0.0347. The summed E-state index contributed by atoms with van der Waals surface area (Å²) >= 11 is 5.92. The summed E-state index contributed by atoms with van der Waals surface area (Å²) in [5.41, 5.74) is 6.12. The Hall–Kier alpha value is -1.26. The number of hydrogen-bond donors (Lipinski definition) is 3. The Kier molecular flexibility index (Phi) is 4.09. The molecule has 1 aromatic carbocycles. The van der Waals surface area contributed by atoms with Gasteiger partial charge in [0.25, 0.3) is 5.91 Å². The first-order valence-electron chi connectivity index (χ1n) is 6.08. The lowest BCUT2D eigenvalue weighted by atomic mass is 10.1. The number of amides is 1. The third-order valence-corrected chi connectivity index (χ3v) is 3.66. The van der Waals surface area contributed by atoms with Crippen LogP contribution in [0.5, 0.6) is 5.75 Å². The van der Waals surface area contributed by atoms with Crippen molar-refractivity contribution >= 4 is 17.5 Å². The van der Waals surface area contributed by atoms with Crippen molar-refractivity contribution in [3.63, 3.8) is 0 Å². The Labute approximate surface area is 111 Å². The van der Waals surface area contributed by atoms with Gasteiger partial charge in [0, 0.05) is 12.6 Å². The Bertz CT molecular complexity index is 451. The summed E-state index contributed by atoms with van der Waals surface area (Å²) in [7, 11) is 0. The second-order valence-electron chi connectivity index (χ2n) is 4.81. The lowest BCUT2D eigenvalue weighted by Crippen LogP contribution is -2.29. The molecule has 1 amide bonds. The third kappa shape index (κ3) is 3.15. The van der Waals surface area contributed by atoms with Crippen molar-refractivity contribution in [2.24, 2.45) is 11.7 Å². The Morgan fingerprint density at radius 1 is 1.50 bits per heavy atom. The van der Waals surface area contributed by atoms with E-state index in [0.29, 0.717) is 23.0 Å². The highest BCUT2D eigenvalue weighted by Gasteiger charge is 2.22. The molecule has 98 valence electrons. The van der Waals surface area contributed by atoms with Crippen LogP contribution in [0, 0.1) is 5.92 Å². The SMILES string of the molecule is NC1CCC(CNC(=O)c2cc(O)ccc2Cl)C1. The van der Waals surface area contributed by atoms with Gasteiger partial charge in [-0.05, 0) is 43.4 Å². The maximum absolute atomic E-state index is 11.9. The normalized spacial score (nSPS) is 23.0. The van der Waals surface area contributed by atoms with Crippen LogP contribution in [0.1, 0.15) is 29.6 Å². The summed E-state index contributed by atoms with van der Waals surface area (Å²) in [4.78, 5) is 11.9. The molecule has 2 atom stereocenters. The summed E-state index contributed by atoms with van der Waals surface area (Å²) in [6.45, 7) is 0.610. The van der Waals surface area contributed by atoms with Crippen molar-refractivity contribution in [1.82, 2.24) is 5.32 Å². The fraction of sp³-hybridized carbons (Fsp3) is 0.462. The predicted molar refractivity (Wildman–Crippen MR) is 70.8 cm³/mol. The first-order valence-corrected chi connectivity index (χ1v) is 6.46. The van der Waals surface area contributed by atoms with E-state index in [4.69, 9.17) is 17.3 Å². The maximum atomic E-state index is 11.9. The summed E-state index contributed by atoms with van der Waals surface area (Å²) in [6, 6.07) is 4.60. The Morgan fingerprint density at radius 2 is 2.28 bits per heavy atom. The van der Waals surface area contributed by atoms with E-state index in [-0.39, 0.29) is 17.7 Å². The van der Waals surface area contributed by atoms with Gasteiger partial charge in [0.05, 0.1) is 10.6 Å². The zero-order valence-electron chi connectivity index (χ0n) is 10.0. The molecule has 18 heavy (non-hydrogen) atoms. The lowest BCUT2D eigenvalue weighted by Gasteiger charge is -2.12. The van der Waals surface area contributed by atoms with Crippen molar-refractivity contribution < 1.29 is 9.90 Å². The van der Waals surface area contributed by atoms with Crippen LogP contribution >= 0.6 is 11.6 Å². The predicted octanol–water partition coefficient (Wildman–Crippen LogP) is 1.90. The van der Waals surface area contributed by atoms with Crippen molar-refractivity contribution in [3.8, 4) is 5.75 Å². The third-order valence-electron chi connectivity index (χ3n) is 3.33. The number of nitrogens with one attached hydrogen (secondary N) is 1. The molecule has 0 spiro atoms. The molecule has 4 N–H and O–H groups in total. The van der Waals surface area contributed by atoms with E-state index in [1.165, 1.54) is 18.2 Å². The van der Waals surface area contributed by atoms with Gasteiger partial charge in [0.2, 0.25) is 0 Å². The number of nitrogens with two attached hydrogens (primary N) is 1. The van der Waals surface area contributed by atoms with Crippen molar-refractivity contribution in [2.75, 3.05) is 6.54 Å². The molecule has 2 unspecified atom stereocenters. The van der Waals surface area contributed by atoms with Crippen LogP contribution < -0.4 is 11.1 Å². The summed E-state index contributed by atoms with van der Waals surface area (Å²) in [6.07, 6.45) is 3.02. The quantitative estimate of drug-likeness (QED) is 0.784. The molecule has 0 radical (unpaired) electrons. The number of hydrogen-bond acceptors (Lipinski definition) is 3. The second-order valence-corrected chi connectivity index (χ2v) is 5.22. The second kappa shape index (κ2) is 5.59. The van der Waals surface area contributed by atoms with Crippen LogP contribution in [0.25, 0.3) is 0 Å². The lowest BCUT2D eigenvalue weighted by molar-refractivity contribution is 0.0947. The standard InChI is InChI=1S/C13H17ClN2O2/c14-12-4-3-10(17)6-11(12)13(18)16-7-8-1-2-9(15)5-8/h3-4,6,8-9,17H,1-2,5,7,15H2,(H,16,18). The van der Waals surface area contributed by atoms with E-state index >= 15 is 0 Å². The fourth-order valence-corrected chi connectivity index (χ4v) is 2.52. The summed E-state index contributed by atoms with van der Waals surface area (Å²) in [5.74, 6) is 0.226. The topological polar surface area (TPSA) is 75.3 Å². The maximum Gasteiger partial charge on any atom is 0.252 e. The van der Waals surface area contributed by atoms with Crippen LogP contribution in [0.15, 0.2) is 18.2 Å². The zero-order valence-corrected chi connectivity index (χ0v) is 10.8. The number of carbonyl (C=O) groups excluding carboxylic acids is 1. The van der Waals surface area contributed by atoms with Crippen LogP contribution in [0.3, 0.4) is 0 Å². The van der Waals surface area contributed by atoms with Gasteiger partial charge in [-0.15, -0.1) is 0 Å². The number of benzene rings is 1. The van der Waals surface area contributed by atoms with Gasteiger partial charge in [-0.2, -0.15) is 0 Å². The van der Waals surface area contributed by atoms with Crippen molar-refractivity contribution in [1.29, 1.82) is 0 Å². The fourth-order valence-electron chi connectivity index (χ4n) is 2.32. The average molecular weight is 269 g/mol. The molecule has 0 heterocycles. The van der Waals surface area contributed by atoms with Gasteiger partial charge < -0.3 is 16.2 Å². The van der Waals surface area contributed by atoms with E-state index in [1.54, 1.807) is 0 Å². The number of rotatable bonds is 3. The average Bonchev–Trinajstić information content (AvgIpc) is 2.75. The Morgan fingerprint density at radius 3 is 2.94 bits per heavy atom. The monoisotopic (exact) mass is 268 g/mol. The van der Waals surface area contributed by atoms with Crippen molar-refractivity contribution in [2.45, 2.75) is 25.3 Å². The van der Waals surface area contributed by atoms with Gasteiger partial charge in [-0.25, -0.2) is 0 Å². The summed E-state index contributed by atoms with van der Waals surface area (Å²) in [5, 5.41) is 12.5. The highest BCUT2D eigenvalue weighted by molar-refractivity contribution is 6.33. The van der Waals surface area contributed by atoms with E-state index in [9.17, 15) is 9.90 Å². The van der Waals surface area contributed by atoms with E-state index < -0.39 is 0 Å². The minimum Gasteiger partial charge on any atom is -0.508 e. The van der Waals surface area contributed by atoms with Crippen molar-refractivity contribution in [3.05, 3.63) is 28.8 Å². The molecule has 0 aliphatic heterocycles. The van der Waals surface area contributed by atoms with E-state index in [1.807, 2.05) is 0 Å². The molecular formula is C13H17ClN2O2. The molecule has 1 aliphatic rings. The molecule has 1 aliphatic carbocycles. The Balaban J connectivity index is 1.93. The van der Waals surface area contributed by atoms with Gasteiger partial charge in [-0.3, -0.25) is 4.79 Å².